The number of carbonyl (C=O) groups excluding carboxylic acids is 1. The smallest absolute Gasteiger partial charge is 0.293 e. The molecule has 0 aromatic carbocycles. The van der Waals surface area contributed by atoms with E-state index in [9.17, 15) is 4.79 Å². The van der Waals surface area contributed by atoms with Crippen LogP contribution >= 0.6 is 11.3 Å². The van der Waals surface area contributed by atoms with Crippen molar-refractivity contribution in [1.29, 1.82) is 0 Å². The maximum atomic E-state index is 11.4. The number of amides is 1. The molecule has 0 spiro atoms. The number of fused-ring (bicyclic) bond motifs is 1. The van der Waals surface area contributed by atoms with Crippen molar-refractivity contribution in [3.8, 4) is 0 Å². The van der Waals surface area contributed by atoms with E-state index in [0.717, 1.165) is 17.4 Å². The van der Waals surface area contributed by atoms with Gasteiger partial charge in [-0.15, -0.1) is 0 Å². The highest BCUT2D eigenvalue weighted by atomic mass is 32.1. The van der Waals surface area contributed by atoms with Gasteiger partial charge in [-0.2, -0.15) is 11.3 Å². The van der Waals surface area contributed by atoms with Crippen molar-refractivity contribution in [2.24, 2.45) is 0 Å². The summed E-state index contributed by atoms with van der Waals surface area (Å²) in [5, 5.41) is 13.7. The molecule has 0 radical (unpaired) electrons. The standard InChI is InChI=1S/C13H11N3O2S/c17-13(15-18)11-5-12-10(6-14-11)1-3-16(12)7-9-2-4-19-8-9/h1-6,8,18H,7H2,(H,15,17). The molecule has 0 atom stereocenters. The van der Waals surface area contributed by atoms with E-state index in [2.05, 4.69) is 16.4 Å². The summed E-state index contributed by atoms with van der Waals surface area (Å²) < 4.78 is 2.05. The van der Waals surface area contributed by atoms with Crippen molar-refractivity contribution in [2.75, 3.05) is 0 Å². The topological polar surface area (TPSA) is 67.2 Å². The Hall–Kier alpha value is -2.18. The van der Waals surface area contributed by atoms with Gasteiger partial charge < -0.3 is 4.57 Å². The van der Waals surface area contributed by atoms with Gasteiger partial charge in [0.15, 0.2) is 0 Å². The van der Waals surface area contributed by atoms with Gasteiger partial charge in [-0.3, -0.25) is 15.0 Å². The van der Waals surface area contributed by atoms with Crippen LogP contribution in [0.25, 0.3) is 10.9 Å². The number of hydrogen-bond donors (Lipinski definition) is 2. The van der Waals surface area contributed by atoms with Crippen molar-refractivity contribution < 1.29 is 10.0 Å². The van der Waals surface area contributed by atoms with Crippen molar-refractivity contribution in [3.63, 3.8) is 0 Å². The van der Waals surface area contributed by atoms with Crippen LogP contribution < -0.4 is 5.48 Å². The second kappa shape index (κ2) is 4.83. The number of rotatable bonds is 3. The Morgan fingerprint density at radius 2 is 2.37 bits per heavy atom. The van der Waals surface area contributed by atoms with Crippen molar-refractivity contribution in [1.82, 2.24) is 15.0 Å². The van der Waals surface area contributed by atoms with Crippen molar-refractivity contribution >= 4 is 28.1 Å². The van der Waals surface area contributed by atoms with Crippen LogP contribution in [0.15, 0.2) is 41.4 Å². The van der Waals surface area contributed by atoms with Gasteiger partial charge in [0, 0.05) is 24.3 Å². The maximum Gasteiger partial charge on any atom is 0.293 e. The summed E-state index contributed by atoms with van der Waals surface area (Å²) in [6, 6.07) is 5.70. The number of aromatic nitrogens is 2. The van der Waals surface area contributed by atoms with Crippen LogP contribution in [0.4, 0.5) is 0 Å². The average Bonchev–Trinajstić information content (AvgIpc) is 3.08. The molecule has 0 bridgehead atoms. The van der Waals surface area contributed by atoms with Gasteiger partial charge in [-0.05, 0) is 34.5 Å². The fourth-order valence-corrected chi connectivity index (χ4v) is 2.64. The van der Waals surface area contributed by atoms with Crippen molar-refractivity contribution in [3.05, 3.63) is 52.6 Å². The lowest BCUT2D eigenvalue weighted by atomic mass is 10.2. The Morgan fingerprint density at radius 3 is 3.11 bits per heavy atom. The van der Waals surface area contributed by atoms with E-state index >= 15 is 0 Å². The maximum absolute atomic E-state index is 11.4. The largest absolute Gasteiger partial charge is 0.343 e. The normalized spacial score (nSPS) is 10.8. The fourth-order valence-electron chi connectivity index (χ4n) is 1.98. The summed E-state index contributed by atoms with van der Waals surface area (Å²) in [7, 11) is 0. The molecule has 2 N–H and O–H groups in total. The molecule has 0 saturated heterocycles. The van der Waals surface area contributed by atoms with Gasteiger partial charge in [0.2, 0.25) is 0 Å². The minimum atomic E-state index is -0.606. The highest BCUT2D eigenvalue weighted by molar-refractivity contribution is 7.07. The van der Waals surface area contributed by atoms with E-state index in [1.807, 2.05) is 22.2 Å². The van der Waals surface area contributed by atoms with Crippen LogP contribution in [0.1, 0.15) is 16.1 Å². The monoisotopic (exact) mass is 273 g/mol. The van der Waals surface area contributed by atoms with Gasteiger partial charge in [0.1, 0.15) is 5.69 Å². The number of hydrogen-bond acceptors (Lipinski definition) is 4. The molecule has 3 heterocycles. The van der Waals surface area contributed by atoms with Gasteiger partial charge >= 0.3 is 0 Å². The lowest BCUT2D eigenvalue weighted by Gasteiger charge is -2.04. The molecule has 3 rings (SSSR count). The molecular formula is C13H11N3O2S. The molecule has 6 heteroatoms. The first kappa shape index (κ1) is 11.9. The summed E-state index contributed by atoms with van der Waals surface area (Å²) >= 11 is 1.66. The first-order valence-corrected chi connectivity index (χ1v) is 6.62. The van der Waals surface area contributed by atoms with Gasteiger partial charge in [0.05, 0.1) is 5.52 Å². The second-order valence-electron chi connectivity index (χ2n) is 4.14. The predicted molar refractivity (Wildman–Crippen MR) is 72.4 cm³/mol. The zero-order valence-electron chi connectivity index (χ0n) is 9.91. The number of pyridine rings is 1. The van der Waals surface area contributed by atoms with E-state index in [4.69, 9.17) is 5.21 Å². The van der Waals surface area contributed by atoms with Crippen LogP contribution in [-0.4, -0.2) is 20.7 Å². The Balaban J connectivity index is 2.03. The number of carbonyl (C=O) groups is 1. The lowest BCUT2D eigenvalue weighted by molar-refractivity contribution is 0.0701. The van der Waals surface area contributed by atoms with E-state index < -0.39 is 5.91 Å². The van der Waals surface area contributed by atoms with Gasteiger partial charge in [0.25, 0.3) is 5.91 Å². The van der Waals surface area contributed by atoms with E-state index in [-0.39, 0.29) is 5.69 Å². The number of nitrogens with zero attached hydrogens (tertiary/aromatic N) is 2. The summed E-state index contributed by atoms with van der Waals surface area (Å²) in [5.41, 5.74) is 3.92. The Labute approximate surface area is 113 Å². The van der Waals surface area contributed by atoms with E-state index in [1.165, 1.54) is 5.56 Å². The second-order valence-corrected chi connectivity index (χ2v) is 4.92. The first-order valence-electron chi connectivity index (χ1n) is 5.68. The summed E-state index contributed by atoms with van der Waals surface area (Å²) in [6.45, 7) is 0.747. The van der Waals surface area contributed by atoms with E-state index in [1.54, 1.807) is 29.1 Å². The Bertz CT molecular complexity index is 719. The lowest BCUT2D eigenvalue weighted by Crippen LogP contribution is -2.19. The van der Waals surface area contributed by atoms with Crippen LogP contribution in [0, 0.1) is 0 Å². The van der Waals surface area contributed by atoms with Crippen LogP contribution in [0.5, 0.6) is 0 Å². The molecule has 5 nitrogen and oxygen atoms in total. The first-order chi connectivity index (χ1) is 9.28. The summed E-state index contributed by atoms with van der Waals surface area (Å²) in [5.74, 6) is -0.606. The minimum Gasteiger partial charge on any atom is -0.343 e. The fraction of sp³-hybridized carbons (Fsp3) is 0.0769. The average molecular weight is 273 g/mol. The number of nitrogens with one attached hydrogen (secondary N) is 1. The van der Waals surface area contributed by atoms with Crippen LogP contribution in [0.3, 0.4) is 0 Å². The minimum absolute atomic E-state index is 0.195. The Kier molecular flexibility index (Phi) is 3.02. The molecule has 0 aliphatic heterocycles. The molecule has 0 unspecified atom stereocenters. The van der Waals surface area contributed by atoms with Gasteiger partial charge in [-0.25, -0.2) is 5.48 Å². The third-order valence-corrected chi connectivity index (χ3v) is 3.65. The number of thiophene rings is 1. The molecule has 0 saturated carbocycles. The zero-order chi connectivity index (χ0) is 13.2. The molecular weight excluding hydrogens is 262 g/mol. The predicted octanol–water partition coefficient (Wildman–Crippen LogP) is 2.27. The molecule has 3 aromatic heterocycles. The Morgan fingerprint density at radius 1 is 1.47 bits per heavy atom. The van der Waals surface area contributed by atoms with Crippen LogP contribution in [-0.2, 0) is 6.54 Å². The molecule has 0 aliphatic rings. The third-order valence-electron chi connectivity index (χ3n) is 2.92. The highest BCUT2D eigenvalue weighted by Crippen LogP contribution is 2.18. The van der Waals surface area contributed by atoms with Crippen molar-refractivity contribution in [2.45, 2.75) is 6.54 Å². The van der Waals surface area contributed by atoms with Crippen LogP contribution in [0.2, 0.25) is 0 Å². The summed E-state index contributed by atoms with van der Waals surface area (Å²) in [6.07, 6.45) is 3.59. The molecule has 0 fully saturated rings. The SMILES string of the molecule is O=C(NO)c1cc2c(ccn2Cc2ccsc2)cn1. The molecule has 3 aromatic rings. The number of hydroxylamine groups is 1. The van der Waals surface area contributed by atoms with Gasteiger partial charge in [-0.1, -0.05) is 0 Å². The zero-order valence-corrected chi connectivity index (χ0v) is 10.7. The quantitative estimate of drug-likeness (QED) is 0.568. The molecule has 19 heavy (non-hydrogen) atoms. The highest BCUT2D eigenvalue weighted by Gasteiger charge is 2.09. The summed E-state index contributed by atoms with van der Waals surface area (Å²) in [4.78, 5) is 15.4. The van der Waals surface area contributed by atoms with E-state index in [0.29, 0.717) is 0 Å². The molecule has 0 aliphatic carbocycles. The third kappa shape index (κ3) is 2.23. The molecule has 96 valence electrons. The molecule has 1 amide bonds.